The summed E-state index contributed by atoms with van der Waals surface area (Å²) in [7, 11) is 0. The molecule has 4 nitrogen and oxygen atoms in total. The predicted octanol–water partition coefficient (Wildman–Crippen LogP) is 3.09. The average Bonchev–Trinajstić information content (AvgIpc) is 2.90. The number of benzene rings is 1. The zero-order valence-electron chi connectivity index (χ0n) is 11.7. The first-order valence-corrected chi connectivity index (χ1v) is 6.86. The molecule has 1 aromatic heterocycles. The van der Waals surface area contributed by atoms with Crippen LogP contribution in [0.25, 0.3) is 0 Å². The van der Waals surface area contributed by atoms with Crippen molar-refractivity contribution in [1.82, 2.24) is 4.98 Å². The molecule has 108 valence electrons. The van der Waals surface area contributed by atoms with Gasteiger partial charge in [0.1, 0.15) is 5.84 Å². The lowest BCUT2D eigenvalue weighted by Crippen LogP contribution is -2.14. The number of pyridine rings is 1. The van der Waals surface area contributed by atoms with E-state index in [-0.39, 0.29) is 17.5 Å². The Labute approximate surface area is 122 Å². The Kier molecular flexibility index (Phi) is 3.33. The summed E-state index contributed by atoms with van der Waals surface area (Å²) < 4.78 is 19.7. The summed E-state index contributed by atoms with van der Waals surface area (Å²) in [5.41, 5.74) is 8.55. The van der Waals surface area contributed by atoms with E-state index >= 15 is 0 Å². The third kappa shape index (κ3) is 2.46. The monoisotopic (exact) mass is 285 g/mol. The Hall–Kier alpha value is -2.43. The van der Waals surface area contributed by atoms with E-state index in [0.717, 1.165) is 30.5 Å². The van der Waals surface area contributed by atoms with Crippen LogP contribution in [0.5, 0.6) is 11.6 Å². The van der Waals surface area contributed by atoms with Crippen LogP contribution < -0.4 is 10.5 Å². The third-order valence-corrected chi connectivity index (χ3v) is 3.67. The van der Waals surface area contributed by atoms with Gasteiger partial charge in [0.2, 0.25) is 5.88 Å². The number of amidine groups is 1. The van der Waals surface area contributed by atoms with Gasteiger partial charge < -0.3 is 10.5 Å². The molecule has 0 bridgehead atoms. The maximum atomic E-state index is 14.1. The molecule has 0 amide bonds. The molecule has 2 aromatic rings. The highest BCUT2D eigenvalue weighted by Gasteiger charge is 2.20. The number of nitrogens with two attached hydrogens (primary N) is 1. The molecule has 3 rings (SSSR count). The number of halogens is 1. The third-order valence-electron chi connectivity index (χ3n) is 3.67. The smallest absolute Gasteiger partial charge is 0.230 e. The lowest BCUT2D eigenvalue weighted by Gasteiger charge is -2.12. The van der Waals surface area contributed by atoms with Crippen LogP contribution in [0.4, 0.5) is 4.39 Å². The minimum atomic E-state index is -0.422. The summed E-state index contributed by atoms with van der Waals surface area (Å²) in [5.74, 6) is -0.245. The second-order valence-electron chi connectivity index (χ2n) is 5.20. The molecule has 0 radical (unpaired) electrons. The standard InChI is InChI=1S/C16H16FN3O/c1-9-4-2-7-13(14(9)17)21-16-11(15(18)19)8-10-5-3-6-12(10)20-16/h2,4,7-8H,3,5-6H2,1H3,(H3,18,19). The zero-order valence-corrected chi connectivity index (χ0v) is 11.7. The number of rotatable bonds is 3. The Balaban J connectivity index is 2.05. The number of fused-ring (bicyclic) bond motifs is 1. The van der Waals surface area contributed by atoms with E-state index in [1.54, 1.807) is 25.1 Å². The lowest BCUT2D eigenvalue weighted by molar-refractivity contribution is 0.423. The van der Waals surface area contributed by atoms with Crippen LogP contribution in [0.2, 0.25) is 0 Å². The Bertz CT molecular complexity index is 728. The molecular weight excluding hydrogens is 269 g/mol. The number of nitrogens with zero attached hydrogens (tertiary/aromatic N) is 1. The van der Waals surface area contributed by atoms with E-state index in [1.165, 1.54) is 0 Å². The molecular formula is C16H16FN3O. The molecule has 0 saturated heterocycles. The van der Waals surface area contributed by atoms with E-state index in [1.807, 2.05) is 6.07 Å². The molecule has 0 atom stereocenters. The maximum Gasteiger partial charge on any atom is 0.230 e. The molecule has 1 aliphatic carbocycles. The van der Waals surface area contributed by atoms with Crippen molar-refractivity contribution in [1.29, 1.82) is 5.41 Å². The second-order valence-corrected chi connectivity index (χ2v) is 5.20. The van der Waals surface area contributed by atoms with Crippen LogP contribution in [0.15, 0.2) is 24.3 Å². The van der Waals surface area contributed by atoms with Gasteiger partial charge in [0.25, 0.3) is 0 Å². The second kappa shape index (κ2) is 5.16. The van der Waals surface area contributed by atoms with Crippen molar-refractivity contribution in [3.05, 3.63) is 52.5 Å². The number of ether oxygens (including phenoxy) is 1. The van der Waals surface area contributed by atoms with Gasteiger partial charge in [0.15, 0.2) is 11.6 Å². The van der Waals surface area contributed by atoms with Crippen molar-refractivity contribution in [2.45, 2.75) is 26.2 Å². The fourth-order valence-electron chi connectivity index (χ4n) is 2.53. The summed E-state index contributed by atoms with van der Waals surface area (Å²) in [5, 5.41) is 7.66. The minimum absolute atomic E-state index is 0.1000. The van der Waals surface area contributed by atoms with Gasteiger partial charge in [-0.1, -0.05) is 12.1 Å². The number of aromatic nitrogens is 1. The topological polar surface area (TPSA) is 72.0 Å². The van der Waals surface area contributed by atoms with Crippen LogP contribution in [0.1, 0.15) is 28.8 Å². The van der Waals surface area contributed by atoms with E-state index < -0.39 is 5.82 Å². The molecule has 0 saturated carbocycles. The van der Waals surface area contributed by atoms with Crippen LogP contribution in [-0.2, 0) is 12.8 Å². The van der Waals surface area contributed by atoms with Gasteiger partial charge >= 0.3 is 0 Å². The quantitative estimate of drug-likeness (QED) is 0.672. The molecule has 1 aliphatic rings. The van der Waals surface area contributed by atoms with Crippen molar-refractivity contribution in [2.24, 2.45) is 5.73 Å². The highest BCUT2D eigenvalue weighted by atomic mass is 19.1. The van der Waals surface area contributed by atoms with Gasteiger partial charge in [-0.3, -0.25) is 5.41 Å². The van der Waals surface area contributed by atoms with Gasteiger partial charge in [-0.05, 0) is 49.4 Å². The summed E-state index contributed by atoms with van der Waals surface area (Å²) in [6.07, 6.45) is 2.84. The van der Waals surface area contributed by atoms with Gasteiger partial charge in [0.05, 0.1) is 5.56 Å². The van der Waals surface area contributed by atoms with Crippen molar-refractivity contribution in [3.8, 4) is 11.6 Å². The summed E-state index contributed by atoms with van der Waals surface area (Å²) in [4.78, 5) is 4.43. The van der Waals surface area contributed by atoms with Gasteiger partial charge in [-0.2, -0.15) is 0 Å². The number of hydrogen-bond acceptors (Lipinski definition) is 3. The SMILES string of the molecule is Cc1cccc(Oc2nc3c(cc2C(=N)N)CCC3)c1F. The summed E-state index contributed by atoms with van der Waals surface area (Å²) in [6, 6.07) is 6.76. The normalized spacial score (nSPS) is 13.0. The first-order valence-electron chi connectivity index (χ1n) is 6.86. The predicted molar refractivity (Wildman–Crippen MR) is 78.5 cm³/mol. The highest BCUT2D eigenvalue weighted by molar-refractivity contribution is 5.97. The molecule has 0 unspecified atom stereocenters. The molecule has 0 aliphatic heterocycles. The minimum Gasteiger partial charge on any atom is -0.435 e. The summed E-state index contributed by atoms with van der Waals surface area (Å²) in [6.45, 7) is 1.67. The largest absolute Gasteiger partial charge is 0.435 e. The van der Waals surface area contributed by atoms with Crippen molar-refractivity contribution < 1.29 is 9.13 Å². The number of nitrogens with one attached hydrogen (secondary N) is 1. The molecule has 3 N–H and O–H groups in total. The molecule has 21 heavy (non-hydrogen) atoms. The first-order chi connectivity index (χ1) is 10.1. The van der Waals surface area contributed by atoms with E-state index in [0.29, 0.717) is 11.1 Å². The molecule has 0 fully saturated rings. The van der Waals surface area contributed by atoms with Crippen molar-refractivity contribution >= 4 is 5.84 Å². The zero-order chi connectivity index (χ0) is 15.0. The number of aryl methyl sites for hydroxylation is 3. The molecule has 5 heteroatoms. The molecule has 0 spiro atoms. The van der Waals surface area contributed by atoms with Crippen LogP contribution in [0.3, 0.4) is 0 Å². The fraction of sp³-hybridized carbons (Fsp3) is 0.250. The maximum absolute atomic E-state index is 14.1. The number of hydrogen-bond donors (Lipinski definition) is 2. The lowest BCUT2D eigenvalue weighted by atomic mass is 10.1. The Morgan fingerprint density at radius 2 is 2.19 bits per heavy atom. The van der Waals surface area contributed by atoms with Crippen LogP contribution in [-0.4, -0.2) is 10.8 Å². The van der Waals surface area contributed by atoms with E-state index in [2.05, 4.69) is 4.98 Å². The molecule has 1 aromatic carbocycles. The highest BCUT2D eigenvalue weighted by Crippen LogP contribution is 2.31. The van der Waals surface area contributed by atoms with Crippen molar-refractivity contribution in [3.63, 3.8) is 0 Å². The average molecular weight is 285 g/mol. The van der Waals surface area contributed by atoms with E-state index in [4.69, 9.17) is 15.9 Å². The number of nitrogen functional groups attached to an aromatic ring is 1. The van der Waals surface area contributed by atoms with Crippen LogP contribution >= 0.6 is 0 Å². The van der Waals surface area contributed by atoms with Crippen molar-refractivity contribution in [2.75, 3.05) is 0 Å². The molecule has 1 heterocycles. The Morgan fingerprint density at radius 1 is 1.38 bits per heavy atom. The van der Waals surface area contributed by atoms with Gasteiger partial charge in [-0.15, -0.1) is 0 Å². The van der Waals surface area contributed by atoms with E-state index in [9.17, 15) is 4.39 Å². The first kappa shape index (κ1) is 13.5. The summed E-state index contributed by atoms with van der Waals surface area (Å²) >= 11 is 0. The Morgan fingerprint density at radius 3 is 2.95 bits per heavy atom. The van der Waals surface area contributed by atoms with Crippen LogP contribution in [0, 0.1) is 18.2 Å². The van der Waals surface area contributed by atoms with Gasteiger partial charge in [-0.25, -0.2) is 9.37 Å². The van der Waals surface area contributed by atoms with Gasteiger partial charge in [0, 0.05) is 5.69 Å². The fourth-order valence-corrected chi connectivity index (χ4v) is 2.53.